The largest absolute Gasteiger partial charge is 0.383 e. The number of methoxy groups -OCH3 is 1. The van der Waals surface area contributed by atoms with Crippen LogP contribution in [0.2, 0.25) is 0 Å². The van der Waals surface area contributed by atoms with Gasteiger partial charge >= 0.3 is 0 Å². The molecule has 1 aromatic carbocycles. The molecule has 0 fully saturated rings. The van der Waals surface area contributed by atoms with Crippen molar-refractivity contribution >= 4 is 12.0 Å². The van der Waals surface area contributed by atoms with E-state index < -0.39 is 0 Å². The average molecular weight is 376 g/mol. The van der Waals surface area contributed by atoms with Gasteiger partial charge < -0.3 is 10.1 Å². The van der Waals surface area contributed by atoms with E-state index in [0.717, 1.165) is 22.4 Å². The van der Waals surface area contributed by atoms with E-state index in [0.29, 0.717) is 13.2 Å². The summed E-state index contributed by atoms with van der Waals surface area (Å²) in [7, 11) is 1.61. The van der Waals surface area contributed by atoms with Crippen molar-refractivity contribution in [3.05, 3.63) is 78.3 Å². The fourth-order valence-corrected chi connectivity index (χ4v) is 2.89. The number of nitrogens with zero attached hydrogens (tertiary/aromatic N) is 3. The maximum Gasteiger partial charge on any atom is 0.244 e. The highest BCUT2D eigenvalue weighted by molar-refractivity contribution is 5.92. The Morgan fingerprint density at radius 2 is 2.07 bits per heavy atom. The molecule has 0 unspecified atom stereocenters. The lowest BCUT2D eigenvalue weighted by Gasteiger charge is -2.10. The molecule has 0 saturated heterocycles. The number of pyridine rings is 1. The zero-order chi connectivity index (χ0) is 19.8. The number of hydrogen-bond acceptors (Lipinski definition) is 4. The second-order valence-corrected chi connectivity index (χ2v) is 6.56. The number of benzene rings is 1. The van der Waals surface area contributed by atoms with Crippen LogP contribution in [0.4, 0.5) is 0 Å². The molecule has 1 N–H and O–H groups in total. The molecule has 0 aliphatic carbocycles. The van der Waals surface area contributed by atoms with Gasteiger partial charge in [0.05, 0.1) is 13.2 Å². The summed E-state index contributed by atoms with van der Waals surface area (Å²) in [5.74, 6) is -0.169. The van der Waals surface area contributed by atoms with Gasteiger partial charge in [-0.25, -0.2) is 0 Å². The van der Waals surface area contributed by atoms with Crippen molar-refractivity contribution in [1.82, 2.24) is 20.1 Å². The average Bonchev–Trinajstić information content (AvgIpc) is 3.10. The van der Waals surface area contributed by atoms with Crippen LogP contribution < -0.4 is 5.32 Å². The molecular formula is C22H24N4O2. The molecule has 0 aliphatic rings. The molecule has 0 radical (unpaired) electrons. The fraction of sp³-hybridized carbons (Fsp3) is 0.227. The van der Waals surface area contributed by atoms with Crippen molar-refractivity contribution in [1.29, 1.82) is 0 Å². The van der Waals surface area contributed by atoms with Gasteiger partial charge in [-0.2, -0.15) is 5.10 Å². The Kier molecular flexibility index (Phi) is 6.70. The lowest BCUT2D eigenvalue weighted by molar-refractivity contribution is -0.117. The molecular weight excluding hydrogens is 352 g/mol. The molecule has 6 nitrogen and oxygen atoms in total. The van der Waals surface area contributed by atoms with Crippen LogP contribution in [0.15, 0.2) is 67.1 Å². The van der Waals surface area contributed by atoms with Crippen molar-refractivity contribution in [2.45, 2.75) is 19.5 Å². The van der Waals surface area contributed by atoms with Gasteiger partial charge in [0.15, 0.2) is 0 Å². The van der Waals surface area contributed by atoms with Gasteiger partial charge in [0.2, 0.25) is 5.91 Å². The molecule has 3 aromatic rings. The van der Waals surface area contributed by atoms with Gasteiger partial charge in [-0.15, -0.1) is 0 Å². The quantitative estimate of drug-likeness (QED) is 0.613. The molecule has 28 heavy (non-hydrogen) atoms. The van der Waals surface area contributed by atoms with Crippen LogP contribution in [0.25, 0.3) is 17.3 Å². The Balaban J connectivity index is 1.84. The Bertz CT molecular complexity index is 920. The van der Waals surface area contributed by atoms with Crippen LogP contribution in [0.5, 0.6) is 0 Å². The molecule has 2 heterocycles. The van der Waals surface area contributed by atoms with Crippen molar-refractivity contribution in [3.63, 3.8) is 0 Å². The number of carbonyl (C=O) groups excluding carboxylic acids is 1. The van der Waals surface area contributed by atoms with Crippen molar-refractivity contribution < 1.29 is 9.53 Å². The van der Waals surface area contributed by atoms with E-state index in [1.807, 2.05) is 48.1 Å². The molecule has 1 atom stereocenters. The standard InChI is InChI=1S/C22H24N4O2/c1-17(16-28-2)24-21(27)11-10-20-15-26(14-18-7-4-3-5-8-18)25-22(20)19-9-6-12-23-13-19/h3-13,15,17H,14,16H2,1-2H3,(H,24,27)/b11-10+/t17-/m0/s1. The maximum absolute atomic E-state index is 12.2. The summed E-state index contributed by atoms with van der Waals surface area (Å²) in [6, 6.07) is 13.9. The van der Waals surface area contributed by atoms with E-state index in [9.17, 15) is 4.79 Å². The van der Waals surface area contributed by atoms with Crippen molar-refractivity contribution in [2.24, 2.45) is 0 Å². The first-order chi connectivity index (χ1) is 13.7. The number of nitrogens with one attached hydrogen (secondary N) is 1. The van der Waals surface area contributed by atoms with E-state index >= 15 is 0 Å². The van der Waals surface area contributed by atoms with Crippen LogP contribution in [-0.2, 0) is 16.1 Å². The summed E-state index contributed by atoms with van der Waals surface area (Å²) in [6.07, 6.45) is 8.75. The fourth-order valence-electron chi connectivity index (χ4n) is 2.89. The Morgan fingerprint density at radius 1 is 1.25 bits per heavy atom. The zero-order valence-electron chi connectivity index (χ0n) is 16.1. The van der Waals surface area contributed by atoms with Crippen LogP contribution in [0.1, 0.15) is 18.1 Å². The Labute approximate surface area is 164 Å². The first kappa shape index (κ1) is 19.5. The SMILES string of the molecule is COC[C@H](C)NC(=O)/C=C/c1cn(Cc2ccccc2)nc1-c1cccnc1. The van der Waals surface area contributed by atoms with Crippen LogP contribution in [0.3, 0.4) is 0 Å². The van der Waals surface area contributed by atoms with E-state index in [2.05, 4.69) is 22.4 Å². The highest BCUT2D eigenvalue weighted by atomic mass is 16.5. The molecule has 1 amide bonds. The number of ether oxygens (including phenoxy) is 1. The third kappa shape index (κ3) is 5.37. The smallest absolute Gasteiger partial charge is 0.244 e. The number of carbonyl (C=O) groups is 1. The molecule has 6 heteroatoms. The number of amides is 1. The normalized spacial score (nSPS) is 12.2. The Hall–Kier alpha value is -3.25. The molecule has 3 rings (SSSR count). The van der Waals surface area contributed by atoms with E-state index in [1.54, 1.807) is 25.6 Å². The van der Waals surface area contributed by atoms with E-state index in [4.69, 9.17) is 9.84 Å². The molecule has 0 bridgehead atoms. The summed E-state index contributed by atoms with van der Waals surface area (Å²) in [5, 5.41) is 7.58. The van der Waals surface area contributed by atoms with Gasteiger partial charge in [-0.3, -0.25) is 14.5 Å². The summed E-state index contributed by atoms with van der Waals surface area (Å²) in [6.45, 7) is 3.02. The summed E-state index contributed by atoms with van der Waals surface area (Å²) in [4.78, 5) is 16.3. The minimum absolute atomic E-state index is 0.0549. The number of hydrogen-bond donors (Lipinski definition) is 1. The maximum atomic E-state index is 12.2. The van der Waals surface area contributed by atoms with Gasteiger partial charge in [-0.1, -0.05) is 30.3 Å². The highest BCUT2D eigenvalue weighted by Gasteiger charge is 2.11. The third-order valence-corrected chi connectivity index (χ3v) is 4.13. The monoisotopic (exact) mass is 376 g/mol. The second-order valence-electron chi connectivity index (χ2n) is 6.56. The van der Waals surface area contributed by atoms with Crippen LogP contribution in [-0.4, -0.2) is 40.4 Å². The summed E-state index contributed by atoms with van der Waals surface area (Å²) in [5.41, 5.74) is 3.71. The number of aromatic nitrogens is 3. The van der Waals surface area contributed by atoms with Crippen LogP contribution >= 0.6 is 0 Å². The van der Waals surface area contributed by atoms with Crippen molar-refractivity contribution in [3.8, 4) is 11.3 Å². The first-order valence-electron chi connectivity index (χ1n) is 9.15. The lowest BCUT2D eigenvalue weighted by Crippen LogP contribution is -2.34. The predicted molar refractivity (Wildman–Crippen MR) is 110 cm³/mol. The van der Waals surface area contributed by atoms with Gasteiger partial charge in [0, 0.05) is 48.9 Å². The predicted octanol–water partition coefficient (Wildman–Crippen LogP) is 3.16. The van der Waals surface area contributed by atoms with Gasteiger partial charge in [0.1, 0.15) is 5.69 Å². The molecule has 0 spiro atoms. The minimum atomic E-state index is -0.169. The molecule has 0 aliphatic heterocycles. The first-order valence-corrected chi connectivity index (χ1v) is 9.15. The third-order valence-electron chi connectivity index (χ3n) is 4.13. The Morgan fingerprint density at radius 3 is 2.79 bits per heavy atom. The topological polar surface area (TPSA) is 69.0 Å². The lowest BCUT2D eigenvalue weighted by atomic mass is 10.1. The van der Waals surface area contributed by atoms with Gasteiger partial charge in [-0.05, 0) is 30.7 Å². The zero-order valence-corrected chi connectivity index (χ0v) is 16.1. The molecule has 144 valence electrons. The van der Waals surface area contributed by atoms with Gasteiger partial charge in [0.25, 0.3) is 0 Å². The molecule has 0 saturated carbocycles. The van der Waals surface area contributed by atoms with E-state index in [-0.39, 0.29) is 11.9 Å². The summed E-state index contributed by atoms with van der Waals surface area (Å²) >= 11 is 0. The van der Waals surface area contributed by atoms with E-state index in [1.165, 1.54) is 6.08 Å². The van der Waals surface area contributed by atoms with Crippen LogP contribution in [0, 0.1) is 0 Å². The molecule has 2 aromatic heterocycles. The summed E-state index contributed by atoms with van der Waals surface area (Å²) < 4.78 is 6.92. The second kappa shape index (κ2) is 9.62. The van der Waals surface area contributed by atoms with Crippen molar-refractivity contribution in [2.75, 3.05) is 13.7 Å². The number of rotatable bonds is 8. The minimum Gasteiger partial charge on any atom is -0.383 e. The highest BCUT2D eigenvalue weighted by Crippen LogP contribution is 2.23.